The highest BCUT2D eigenvalue weighted by molar-refractivity contribution is 6.88. The third-order valence-electron chi connectivity index (χ3n) is 2.24. The van der Waals surface area contributed by atoms with Crippen LogP contribution in [0.2, 0.25) is 52.4 Å². The van der Waals surface area contributed by atoms with Crippen LogP contribution in [0.3, 0.4) is 0 Å². The molecule has 0 heterocycles. The van der Waals surface area contributed by atoms with Crippen LogP contribution in [-0.4, -0.2) is 51.0 Å². The fraction of sp³-hybridized carbons (Fsp3) is 0.750. The quantitative estimate of drug-likeness (QED) is 0.375. The standard InChI is InChI=1S/C12H30O6Si4/c1-10-12(13)15-11-19(2,3)16-21(6,7)18-22(8,9)17-20(4,5)14/h10,14H,1,11H2,2-9H3. The summed E-state index contributed by atoms with van der Waals surface area (Å²) < 4.78 is 23.2. The summed E-state index contributed by atoms with van der Waals surface area (Å²) in [5.41, 5.74) is 0. The topological polar surface area (TPSA) is 74.2 Å². The van der Waals surface area contributed by atoms with Gasteiger partial charge in [0.05, 0.1) is 0 Å². The molecule has 0 aliphatic rings. The second kappa shape index (κ2) is 7.66. The van der Waals surface area contributed by atoms with E-state index in [2.05, 4.69) is 6.58 Å². The molecule has 0 aliphatic carbocycles. The monoisotopic (exact) mass is 382 g/mol. The third kappa shape index (κ3) is 10.6. The van der Waals surface area contributed by atoms with Gasteiger partial charge in [-0.15, -0.1) is 0 Å². The molecule has 0 aliphatic heterocycles. The maximum Gasteiger partial charge on any atom is 0.329 e. The summed E-state index contributed by atoms with van der Waals surface area (Å²) >= 11 is 0. The largest absolute Gasteiger partial charge is 0.463 e. The van der Waals surface area contributed by atoms with Crippen molar-refractivity contribution in [3.05, 3.63) is 12.7 Å². The van der Waals surface area contributed by atoms with E-state index in [1.165, 1.54) is 0 Å². The van der Waals surface area contributed by atoms with Gasteiger partial charge in [-0.1, -0.05) is 6.58 Å². The fourth-order valence-electron chi connectivity index (χ4n) is 2.23. The van der Waals surface area contributed by atoms with Gasteiger partial charge in [0, 0.05) is 6.08 Å². The first kappa shape index (κ1) is 21.9. The van der Waals surface area contributed by atoms with Crippen LogP contribution in [-0.2, 0) is 21.9 Å². The van der Waals surface area contributed by atoms with Gasteiger partial charge in [0.1, 0.15) is 6.23 Å². The van der Waals surface area contributed by atoms with E-state index in [1.807, 2.05) is 39.3 Å². The van der Waals surface area contributed by atoms with Crippen LogP contribution in [0.25, 0.3) is 0 Å². The summed E-state index contributed by atoms with van der Waals surface area (Å²) in [7, 11) is -9.81. The molecule has 0 saturated carbocycles. The van der Waals surface area contributed by atoms with Crippen LogP contribution in [0.15, 0.2) is 12.7 Å². The summed E-state index contributed by atoms with van der Waals surface area (Å²) in [4.78, 5) is 21.1. The number of hydrogen-bond acceptors (Lipinski definition) is 6. The number of rotatable bonds is 9. The minimum atomic E-state index is -2.65. The van der Waals surface area contributed by atoms with Crippen molar-refractivity contribution in [2.24, 2.45) is 0 Å². The molecular formula is C12H30O6Si4. The lowest BCUT2D eigenvalue weighted by Crippen LogP contribution is -2.57. The average Bonchev–Trinajstić information content (AvgIpc) is 2.18. The predicted molar refractivity (Wildman–Crippen MR) is 96.6 cm³/mol. The van der Waals surface area contributed by atoms with E-state index >= 15 is 0 Å². The Hall–Kier alpha value is -0.0825. The Kier molecular flexibility index (Phi) is 7.63. The molecule has 10 heteroatoms. The van der Waals surface area contributed by atoms with E-state index in [1.54, 1.807) is 13.1 Å². The molecule has 0 unspecified atom stereocenters. The number of hydrogen-bond donors (Lipinski definition) is 1. The van der Waals surface area contributed by atoms with Crippen molar-refractivity contribution >= 4 is 40.0 Å². The van der Waals surface area contributed by atoms with Gasteiger partial charge < -0.3 is 21.9 Å². The maximum absolute atomic E-state index is 11.2. The van der Waals surface area contributed by atoms with Crippen LogP contribution >= 0.6 is 0 Å². The van der Waals surface area contributed by atoms with Crippen LogP contribution in [0, 0.1) is 0 Å². The van der Waals surface area contributed by atoms with Crippen molar-refractivity contribution in [3.63, 3.8) is 0 Å². The molecule has 0 radical (unpaired) electrons. The Labute approximate surface area is 138 Å². The smallest absolute Gasteiger partial charge is 0.329 e. The number of esters is 1. The molecule has 130 valence electrons. The van der Waals surface area contributed by atoms with E-state index < -0.39 is 40.0 Å². The predicted octanol–water partition coefficient (Wildman–Crippen LogP) is 2.61. The molecule has 0 amide bonds. The molecular weight excluding hydrogens is 352 g/mol. The Bertz CT molecular complexity index is 403. The second-order valence-corrected chi connectivity index (χ2v) is 21.9. The first-order valence-electron chi connectivity index (χ1n) is 7.20. The van der Waals surface area contributed by atoms with Crippen LogP contribution in [0.1, 0.15) is 0 Å². The molecule has 0 rings (SSSR count). The van der Waals surface area contributed by atoms with Crippen molar-refractivity contribution in [2.45, 2.75) is 52.4 Å². The van der Waals surface area contributed by atoms with E-state index in [9.17, 15) is 9.59 Å². The van der Waals surface area contributed by atoms with Gasteiger partial charge >= 0.3 is 31.7 Å². The highest BCUT2D eigenvalue weighted by Crippen LogP contribution is 2.23. The lowest BCUT2D eigenvalue weighted by atomic mass is 10.7. The molecule has 0 bridgehead atoms. The zero-order valence-electron chi connectivity index (χ0n) is 15.0. The summed E-state index contributed by atoms with van der Waals surface area (Å²) in [5, 5.41) is 0. The van der Waals surface area contributed by atoms with E-state index in [-0.39, 0.29) is 6.23 Å². The minimum Gasteiger partial charge on any atom is -0.463 e. The van der Waals surface area contributed by atoms with Crippen LogP contribution in [0.4, 0.5) is 0 Å². The first-order valence-corrected chi connectivity index (χ1v) is 18.8. The number of carbonyl (C=O) groups is 1. The van der Waals surface area contributed by atoms with Gasteiger partial charge in [0.2, 0.25) is 8.32 Å². The van der Waals surface area contributed by atoms with Gasteiger partial charge in [-0.25, -0.2) is 4.79 Å². The Morgan fingerprint density at radius 1 is 0.955 bits per heavy atom. The van der Waals surface area contributed by atoms with Crippen molar-refractivity contribution < 1.29 is 26.7 Å². The molecule has 0 aromatic carbocycles. The zero-order chi connectivity index (χ0) is 17.8. The average molecular weight is 383 g/mol. The van der Waals surface area contributed by atoms with Gasteiger partial charge in [0.25, 0.3) is 0 Å². The number of carbonyl (C=O) groups excluding carboxylic acids is 1. The lowest BCUT2D eigenvalue weighted by Gasteiger charge is -2.39. The van der Waals surface area contributed by atoms with Crippen molar-refractivity contribution in [1.29, 1.82) is 0 Å². The molecule has 6 nitrogen and oxygen atoms in total. The highest BCUT2D eigenvalue weighted by Gasteiger charge is 2.43. The van der Waals surface area contributed by atoms with Gasteiger partial charge in [0.15, 0.2) is 0 Å². The Morgan fingerprint density at radius 2 is 1.41 bits per heavy atom. The summed E-state index contributed by atoms with van der Waals surface area (Å²) in [6.07, 6.45) is 1.39. The molecule has 0 spiro atoms. The van der Waals surface area contributed by atoms with Crippen molar-refractivity contribution in [2.75, 3.05) is 6.23 Å². The molecule has 0 aromatic heterocycles. The van der Waals surface area contributed by atoms with E-state index in [0.29, 0.717) is 0 Å². The summed E-state index contributed by atoms with van der Waals surface area (Å²) in [6.45, 7) is 18.5. The van der Waals surface area contributed by atoms with Gasteiger partial charge in [-0.3, -0.25) is 0 Å². The molecule has 1 N–H and O–H groups in total. The van der Waals surface area contributed by atoms with E-state index in [0.717, 1.165) is 6.08 Å². The maximum atomic E-state index is 11.2. The molecule has 0 atom stereocenters. The SMILES string of the molecule is C=CC(=O)OC[Si](C)(C)O[Si](C)(C)O[Si](C)(C)O[Si](C)(C)O. The second-order valence-electron chi connectivity index (χ2n) is 7.12. The Balaban J connectivity index is 4.73. The molecule has 0 saturated heterocycles. The van der Waals surface area contributed by atoms with Crippen LogP contribution < -0.4 is 0 Å². The van der Waals surface area contributed by atoms with Gasteiger partial charge in [-0.2, -0.15) is 0 Å². The van der Waals surface area contributed by atoms with Crippen molar-refractivity contribution in [1.82, 2.24) is 0 Å². The minimum absolute atomic E-state index is 0.251. The van der Waals surface area contributed by atoms with Crippen LogP contribution in [0.5, 0.6) is 0 Å². The summed E-state index contributed by atoms with van der Waals surface area (Å²) in [6, 6.07) is 0. The first-order chi connectivity index (χ1) is 9.58. The third-order valence-corrected chi connectivity index (χ3v) is 15.2. The molecule has 0 fully saturated rings. The molecule has 0 aromatic rings. The zero-order valence-corrected chi connectivity index (χ0v) is 19.0. The number of ether oxygens (including phenoxy) is 1. The van der Waals surface area contributed by atoms with E-state index in [4.69, 9.17) is 17.1 Å². The lowest BCUT2D eigenvalue weighted by molar-refractivity contribution is -0.136. The summed E-state index contributed by atoms with van der Waals surface area (Å²) in [5.74, 6) is -0.448. The molecule has 22 heavy (non-hydrogen) atoms. The Morgan fingerprint density at radius 3 is 1.82 bits per heavy atom. The highest BCUT2D eigenvalue weighted by atomic mass is 28.5. The normalized spacial score (nSPS) is 13.9. The van der Waals surface area contributed by atoms with Gasteiger partial charge in [-0.05, 0) is 52.4 Å². The van der Waals surface area contributed by atoms with Crippen molar-refractivity contribution in [3.8, 4) is 0 Å². The fourth-order valence-corrected chi connectivity index (χ4v) is 18.9.